The van der Waals surface area contributed by atoms with Gasteiger partial charge in [-0.2, -0.15) is 10.2 Å². The van der Waals surface area contributed by atoms with E-state index < -0.39 is 0 Å². The smallest absolute Gasteiger partial charge is 0.141 e. The average molecular weight is 297 g/mol. The molecule has 0 atom stereocenters. The fourth-order valence-corrected chi connectivity index (χ4v) is 2.60. The molecular formula is C16H16FN5. The van der Waals surface area contributed by atoms with Crippen molar-refractivity contribution < 1.29 is 4.39 Å². The Morgan fingerprint density at radius 2 is 2.05 bits per heavy atom. The lowest BCUT2D eigenvalue weighted by molar-refractivity contribution is 0.567. The van der Waals surface area contributed by atoms with E-state index in [-0.39, 0.29) is 5.82 Å². The number of hydrogen-bond donors (Lipinski definition) is 0. The van der Waals surface area contributed by atoms with Gasteiger partial charge in [-0.3, -0.25) is 14.3 Å². The van der Waals surface area contributed by atoms with Gasteiger partial charge in [0.1, 0.15) is 11.5 Å². The van der Waals surface area contributed by atoms with Crippen LogP contribution in [0.3, 0.4) is 0 Å². The van der Waals surface area contributed by atoms with E-state index in [4.69, 9.17) is 0 Å². The van der Waals surface area contributed by atoms with Crippen LogP contribution in [0.4, 0.5) is 4.39 Å². The van der Waals surface area contributed by atoms with Crippen LogP contribution in [0.15, 0.2) is 36.7 Å². The summed E-state index contributed by atoms with van der Waals surface area (Å²) in [6.45, 7) is 0.947. The molecule has 3 aromatic heterocycles. The second-order valence-corrected chi connectivity index (χ2v) is 5.74. The Morgan fingerprint density at radius 1 is 1.18 bits per heavy atom. The third kappa shape index (κ3) is 2.41. The SMILES string of the molecule is Cn1nc(-c2ccnn2CC2CC2)cc1-c1ccc(F)cn1. The molecule has 0 radical (unpaired) electrons. The molecule has 0 aromatic carbocycles. The Kier molecular flexibility index (Phi) is 3.03. The lowest BCUT2D eigenvalue weighted by Crippen LogP contribution is -2.04. The van der Waals surface area contributed by atoms with Gasteiger partial charge in [0.25, 0.3) is 0 Å². The van der Waals surface area contributed by atoms with E-state index in [0.717, 1.165) is 29.5 Å². The predicted octanol–water partition coefficient (Wildman–Crippen LogP) is 2.89. The van der Waals surface area contributed by atoms with E-state index >= 15 is 0 Å². The van der Waals surface area contributed by atoms with Gasteiger partial charge in [-0.05, 0) is 43.0 Å². The monoisotopic (exact) mass is 297 g/mol. The van der Waals surface area contributed by atoms with Crippen molar-refractivity contribution in [3.63, 3.8) is 0 Å². The molecule has 1 saturated carbocycles. The number of rotatable bonds is 4. The summed E-state index contributed by atoms with van der Waals surface area (Å²) >= 11 is 0. The molecule has 0 bridgehead atoms. The molecule has 0 spiro atoms. The number of aromatic nitrogens is 5. The van der Waals surface area contributed by atoms with Gasteiger partial charge in [0.15, 0.2) is 0 Å². The predicted molar refractivity (Wildman–Crippen MR) is 80.3 cm³/mol. The molecular weight excluding hydrogens is 281 g/mol. The molecule has 1 fully saturated rings. The maximum atomic E-state index is 13.0. The number of aryl methyl sites for hydroxylation is 1. The van der Waals surface area contributed by atoms with Gasteiger partial charge in [0.05, 0.1) is 23.3 Å². The van der Waals surface area contributed by atoms with E-state index in [0.29, 0.717) is 5.69 Å². The molecule has 5 nitrogen and oxygen atoms in total. The van der Waals surface area contributed by atoms with Crippen molar-refractivity contribution in [1.29, 1.82) is 0 Å². The average Bonchev–Trinajstić information content (AvgIpc) is 3.05. The highest BCUT2D eigenvalue weighted by Crippen LogP contribution is 2.32. The summed E-state index contributed by atoms with van der Waals surface area (Å²) in [4.78, 5) is 4.13. The van der Waals surface area contributed by atoms with Crippen molar-refractivity contribution in [2.24, 2.45) is 13.0 Å². The number of nitrogens with zero attached hydrogens (tertiary/aromatic N) is 5. The van der Waals surface area contributed by atoms with Crippen LogP contribution < -0.4 is 0 Å². The first-order valence-corrected chi connectivity index (χ1v) is 7.39. The van der Waals surface area contributed by atoms with E-state index in [1.165, 1.54) is 25.1 Å². The lowest BCUT2D eigenvalue weighted by atomic mass is 10.2. The highest BCUT2D eigenvalue weighted by Gasteiger charge is 2.24. The zero-order chi connectivity index (χ0) is 15.1. The van der Waals surface area contributed by atoms with Gasteiger partial charge < -0.3 is 0 Å². The van der Waals surface area contributed by atoms with Crippen molar-refractivity contribution >= 4 is 0 Å². The van der Waals surface area contributed by atoms with Crippen LogP contribution in [0, 0.1) is 11.7 Å². The fraction of sp³-hybridized carbons (Fsp3) is 0.312. The molecule has 4 rings (SSSR count). The molecule has 3 aromatic rings. The number of pyridine rings is 1. The molecule has 0 unspecified atom stereocenters. The maximum absolute atomic E-state index is 13.0. The highest BCUT2D eigenvalue weighted by atomic mass is 19.1. The van der Waals surface area contributed by atoms with Gasteiger partial charge in [-0.1, -0.05) is 0 Å². The zero-order valence-corrected chi connectivity index (χ0v) is 12.3. The third-order valence-corrected chi connectivity index (χ3v) is 3.98. The number of halogens is 1. The fourth-order valence-electron chi connectivity index (χ4n) is 2.60. The molecule has 22 heavy (non-hydrogen) atoms. The molecule has 0 aliphatic heterocycles. The normalized spacial score (nSPS) is 14.5. The first kappa shape index (κ1) is 13.2. The quantitative estimate of drug-likeness (QED) is 0.744. The van der Waals surface area contributed by atoms with E-state index in [1.54, 1.807) is 10.7 Å². The van der Waals surface area contributed by atoms with E-state index in [9.17, 15) is 4.39 Å². The zero-order valence-electron chi connectivity index (χ0n) is 12.3. The van der Waals surface area contributed by atoms with Crippen molar-refractivity contribution in [3.05, 3.63) is 42.5 Å². The third-order valence-electron chi connectivity index (χ3n) is 3.98. The largest absolute Gasteiger partial charge is 0.266 e. The second kappa shape index (κ2) is 5.05. The van der Waals surface area contributed by atoms with Crippen molar-refractivity contribution in [2.45, 2.75) is 19.4 Å². The topological polar surface area (TPSA) is 48.5 Å². The van der Waals surface area contributed by atoms with Gasteiger partial charge in [0.2, 0.25) is 0 Å². The first-order valence-electron chi connectivity index (χ1n) is 7.39. The van der Waals surface area contributed by atoms with Crippen molar-refractivity contribution in [1.82, 2.24) is 24.5 Å². The minimum absolute atomic E-state index is 0.339. The lowest BCUT2D eigenvalue weighted by Gasteiger charge is -2.03. The molecule has 112 valence electrons. The van der Waals surface area contributed by atoms with Gasteiger partial charge in [0, 0.05) is 19.8 Å². The summed E-state index contributed by atoms with van der Waals surface area (Å²) in [7, 11) is 1.87. The molecule has 0 N–H and O–H groups in total. The Hall–Kier alpha value is -2.50. The number of hydrogen-bond acceptors (Lipinski definition) is 3. The Balaban J connectivity index is 1.70. The van der Waals surface area contributed by atoms with Crippen LogP contribution in [-0.2, 0) is 13.6 Å². The van der Waals surface area contributed by atoms with Crippen LogP contribution in [-0.4, -0.2) is 24.5 Å². The van der Waals surface area contributed by atoms with Gasteiger partial charge in [-0.15, -0.1) is 0 Å². The summed E-state index contributed by atoms with van der Waals surface area (Å²) in [6, 6.07) is 7.03. The van der Waals surface area contributed by atoms with Crippen molar-refractivity contribution in [3.8, 4) is 22.8 Å². The summed E-state index contributed by atoms with van der Waals surface area (Å²) in [5.74, 6) is 0.411. The van der Waals surface area contributed by atoms with Crippen LogP contribution in [0.25, 0.3) is 22.8 Å². The summed E-state index contributed by atoms with van der Waals surface area (Å²) < 4.78 is 16.8. The van der Waals surface area contributed by atoms with Crippen LogP contribution in [0.2, 0.25) is 0 Å². The summed E-state index contributed by atoms with van der Waals surface area (Å²) in [5.41, 5.74) is 3.43. The van der Waals surface area contributed by atoms with E-state index in [1.807, 2.05) is 30.1 Å². The minimum atomic E-state index is -0.339. The molecule has 1 aliphatic carbocycles. The first-order chi connectivity index (χ1) is 10.7. The van der Waals surface area contributed by atoms with Gasteiger partial charge in [-0.25, -0.2) is 4.39 Å². The second-order valence-electron chi connectivity index (χ2n) is 5.74. The maximum Gasteiger partial charge on any atom is 0.141 e. The molecule has 0 amide bonds. The van der Waals surface area contributed by atoms with Crippen molar-refractivity contribution in [2.75, 3.05) is 0 Å². The molecule has 1 aliphatic rings. The minimum Gasteiger partial charge on any atom is -0.266 e. The van der Waals surface area contributed by atoms with Crippen LogP contribution >= 0.6 is 0 Å². The molecule has 6 heteroatoms. The molecule has 0 saturated heterocycles. The summed E-state index contributed by atoms with van der Waals surface area (Å²) in [6.07, 6.45) is 5.60. The van der Waals surface area contributed by atoms with E-state index in [2.05, 4.69) is 15.2 Å². The Morgan fingerprint density at radius 3 is 2.77 bits per heavy atom. The van der Waals surface area contributed by atoms with Gasteiger partial charge >= 0.3 is 0 Å². The van der Waals surface area contributed by atoms with Crippen LogP contribution in [0.1, 0.15) is 12.8 Å². The molecule has 3 heterocycles. The van der Waals surface area contributed by atoms with Crippen LogP contribution in [0.5, 0.6) is 0 Å². The Labute approximate surface area is 127 Å². The highest BCUT2D eigenvalue weighted by molar-refractivity contribution is 5.64. The Bertz CT molecular complexity index is 798. The standard InChI is InChI=1S/C16H16FN5/c1-21-16(13-5-4-12(17)9-18-13)8-14(20-21)15-6-7-19-22(15)10-11-2-3-11/h4-9,11H,2-3,10H2,1H3. The summed E-state index contributed by atoms with van der Waals surface area (Å²) in [5, 5.41) is 8.96.